The van der Waals surface area contributed by atoms with E-state index in [9.17, 15) is 9.59 Å². The molecule has 0 saturated heterocycles. The number of thioether (sulfide) groups is 1. The maximum Gasteiger partial charge on any atom is 0.327 e. The van der Waals surface area contributed by atoms with E-state index < -0.39 is 12.0 Å². The molecule has 0 bridgehead atoms. The summed E-state index contributed by atoms with van der Waals surface area (Å²) in [5.74, 6) is -0.877. The monoisotopic (exact) mass is 279 g/mol. The minimum absolute atomic E-state index is 0.138. The number of carbonyl (C=O) groups excluding carboxylic acids is 1. The Kier molecular flexibility index (Phi) is 4.47. The first-order valence-corrected chi connectivity index (χ1v) is 7.60. The highest BCUT2D eigenvalue weighted by molar-refractivity contribution is 7.98. The van der Waals surface area contributed by atoms with E-state index >= 15 is 0 Å². The maximum atomic E-state index is 12.1. The van der Waals surface area contributed by atoms with Crippen molar-refractivity contribution < 1.29 is 14.7 Å². The summed E-state index contributed by atoms with van der Waals surface area (Å²) in [5, 5.41) is 11.7. The molecule has 0 saturated carbocycles. The van der Waals surface area contributed by atoms with Crippen LogP contribution in [0.2, 0.25) is 0 Å². The molecule has 1 aliphatic carbocycles. The first kappa shape index (κ1) is 13.9. The molecule has 5 heteroatoms. The van der Waals surface area contributed by atoms with Crippen molar-refractivity contribution in [2.24, 2.45) is 5.92 Å². The SMILES string of the molecule is CSC[C@H](NC(=O)C1Cc2ccccc2C1)C(=O)O. The second kappa shape index (κ2) is 6.10. The van der Waals surface area contributed by atoms with Crippen molar-refractivity contribution in [2.45, 2.75) is 18.9 Å². The lowest BCUT2D eigenvalue weighted by molar-refractivity contribution is -0.141. The standard InChI is InChI=1S/C14H17NO3S/c1-19-8-12(14(17)18)15-13(16)11-6-9-4-2-3-5-10(9)7-11/h2-5,11-12H,6-8H2,1H3,(H,15,16)(H,17,18)/t12-/m0/s1. The molecule has 0 heterocycles. The van der Waals surface area contributed by atoms with Gasteiger partial charge in [0.15, 0.2) is 0 Å². The summed E-state index contributed by atoms with van der Waals surface area (Å²) in [6, 6.07) is 7.18. The average molecular weight is 279 g/mol. The molecule has 1 aromatic rings. The number of fused-ring (bicyclic) bond motifs is 1. The first-order valence-electron chi connectivity index (χ1n) is 6.20. The Bertz CT molecular complexity index is 464. The fourth-order valence-electron chi connectivity index (χ4n) is 2.38. The van der Waals surface area contributed by atoms with Crippen molar-refractivity contribution in [3.8, 4) is 0 Å². The van der Waals surface area contributed by atoms with Gasteiger partial charge in [-0.05, 0) is 30.2 Å². The van der Waals surface area contributed by atoms with Crippen LogP contribution < -0.4 is 5.32 Å². The van der Waals surface area contributed by atoms with Gasteiger partial charge in [0.25, 0.3) is 0 Å². The van der Waals surface area contributed by atoms with Gasteiger partial charge in [0, 0.05) is 11.7 Å². The van der Waals surface area contributed by atoms with Gasteiger partial charge in [0.05, 0.1) is 0 Å². The summed E-state index contributed by atoms with van der Waals surface area (Å²) in [5.41, 5.74) is 2.39. The Morgan fingerprint density at radius 3 is 2.42 bits per heavy atom. The second-order valence-corrected chi connectivity index (χ2v) is 5.64. The molecule has 0 radical (unpaired) electrons. The third-order valence-corrected chi connectivity index (χ3v) is 4.04. The van der Waals surface area contributed by atoms with Crippen molar-refractivity contribution in [2.75, 3.05) is 12.0 Å². The predicted molar refractivity (Wildman–Crippen MR) is 75.3 cm³/mol. The fourth-order valence-corrected chi connectivity index (χ4v) is 2.93. The highest BCUT2D eigenvalue weighted by Gasteiger charge is 2.29. The summed E-state index contributed by atoms with van der Waals surface area (Å²) < 4.78 is 0. The number of amides is 1. The van der Waals surface area contributed by atoms with Gasteiger partial charge in [-0.25, -0.2) is 4.79 Å². The van der Waals surface area contributed by atoms with Crippen LogP contribution in [-0.2, 0) is 22.4 Å². The number of carboxylic acids is 1. The summed E-state index contributed by atoms with van der Waals surface area (Å²) in [7, 11) is 0. The molecule has 1 amide bonds. The van der Waals surface area contributed by atoms with Gasteiger partial charge >= 0.3 is 5.97 Å². The fraction of sp³-hybridized carbons (Fsp3) is 0.429. The zero-order chi connectivity index (χ0) is 13.8. The molecule has 0 fully saturated rings. The van der Waals surface area contributed by atoms with Crippen LogP contribution in [-0.4, -0.2) is 35.0 Å². The number of rotatable bonds is 5. The first-order chi connectivity index (χ1) is 9.11. The zero-order valence-electron chi connectivity index (χ0n) is 10.8. The largest absolute Gasteiger partial charge is 0.480 e. The van der Waals surface area contributed by atoms with Crippen LogP contribution in [0.3, 0.4) is 0 Å². The van der Waals surface area contributed by atoms with E-state index in [1.54, 1.807) is 0 Å². The summed E-state index contributed by atoms with van der Waals surface area (Å²) in [6.45, 7) is 0. The van der Waals surface area contributed by atoms with Crippen molar-refractivity contribution in [1.29, 1.82) is 0 Å². The highest BCUT2D eigenvalue weighted by Crippen LogP contribution is 2.26. The molecule has 0 aliphatic heterocycles. The third-order valence-electron chi connectivity index (χ3n) is 3.37. The minimum Gasteiger partial charge on any atom is -0.480 e. The van der Waals surface area contributed by atoms with Crippen LogP contribution in [0.25, 0.3) is 0 Å². The Labute approximate surface area is 116 Å². The number of hydrogen-bond acceptors (Lipinski definition) is 3. The summed E-state index contributed by atoms with van der Waals surface area (Å²) in [6.07, 6.45) is 3.23. The quantitative estimate of drug-likeness (QED) is 0.853. The molecule has 2 rings (SSSR count). The molecule has 1 aliphatic rings. The van der Waals surface area contributed by atoms with Crippen molar-refractivity contribution in [3.05, 3.63) is 35.4 Å². The maximum absolute atomic E-state index is 12.1. The molecule has 0 unspecified atom stereocenters. The molecule has 0 spiro atoms. The number of carboxylic acid groups (broad SMARTS) is 1. The van der Waals surface area contributed by atoms with Gasteiger partial charge < -0.3 is 10.4 Å². The predicted octanol–water partition coefficient (Wildman–Crippen LogP) is 1.33. The van der Waals surface area contributed by atoms with Gasteiger partial charge in [-0.1, -0.05) is 24.3 Å². The van der Waals surface area contributed by atoms with E-state index in [1.807, 2.05) is 30.5 Å². The van der Waals surface area contributed by atoms with Crippen LogP contribution in [0.1, 0.15) is 11.1 Å². The second-order valence-electron chi connectivity index (χ2n) is 4.73. The number of hydrogen-bond donors (Lipinski definition) is 2. The lowest BCUT2D eigenvalue weighted by Crippen LogP contribution is -2.45. The third kappa shape index (κ3) is 3.29. The van der Waals surface area contributed by atoms with Crippen LogP contribution >= 0.6 is 11.8 Å². The van der Waals surface area contributed by atoms with Crippen LogP contribution in [0.5, 0.6) is 0 Å². The van der Waals surface area contributed by atoms with Crippen molar-refractivity contribution >= 4 is 23.6 Å². The van der Waals surface area contributed by atoms with Gasteiger partial charge in [0.2, 0.25) is 5.91 Å². The normalized spacial score (nSPS) is 15.8. The van der Waals surface area contributed by atoms with Crippen LogP contribution in [0.4, 0.5) is 0 Å². The molecular weight excluding hydrogens is 262 g/mol. The van der Waals surface area contributed by atoms with Gasteiger partial charge in [-0.3, -0.25) is 4.79 Å². The summed E-state index contributed by atoms with van der Waals surface area (Å²) in [4.78, 5) is 23.1. The number of carbonyl (C=O) groups is 2. The van der Waals surface area contributed by atoms with E-state index in [1.165, 1.54) is 22.9 Å². The number of nitrogens with one attached hydrogen (secondary N) is 1. The van der Waals surface area contributed by atoms with E-state index in [2.05, 4.69) is 5.32 Å². The average Bonchev–Trinajstić information content (AvgIpc) is 2.81. The lowest BCUT2D eigenvalue weighted by Gasteiger charge is -2.16. The molecule has 1 atom stereocenters. The molecule has 102 valence electrons. The van der Waals surface area contributed by atoms with Gasteiger partial charge in [-0.15, -0.1) is 0 Å². The Morgan fingerprint density at radius 1 is 1.37 bits per heavy atom. The van der Waals surface area contributed by atoms with Crippen LogP contribution in [0.15, 0.2) is 24.3 Å². The van der Waals surface area contributed by atoms with Crippen molar-refractivity contribution in [1.82, 2.24) is 5.32 Å². The van der Waals surface area contributed by atoms with E-state index in [-0.39, 0.29) is 11.8 Å². The number of aliphatic carboxylic acids is 1. The van der Waals surface area contributed by atoms with Gasteiger partial charge in [0.1, 0.15) is 6.04 Å². The van der Waals surface area contributed by atoms with E-state index in [4.69, 9.17) is 5.11 Å². The van der Waals surface area contributed by atoms with E-state index in [0.29, 0.717) is 18.6 Å². The lowest BCUT2D eigenvalue weighted by atomic mass is 10.1. The topological polar surface area (TPSA) is 66.4 Å². The molecule has 0 aromatic heterocycles. The molecule has 1 aromatic carbocycles. The smallest absolute Gasteiger partial charge is 0.327 e. The number of benzene rings is 1. The van der Waals surface area contributed by atoms with E-state index in [0.717, 1.165) is 0 Å². The zero-order valence-corrected chi connectivity index (χ0v) is 11.6. The Hall–Kier alpha value is -1.49. The molecule has 19 heavy (non-hydrogen) atoms. The van der Waals surface area contributed by atoms with Crippen LogP contribution in [0, 0.1) is 5.92 Å². The summed E-state index contributed by atoms with van der Waals surface area (Å²) >= 11 is 1.41. The van der Waals surface area contributed by atoms with Gasteiger partial charge in [-0.2, -0.15) is 11.8 Å². The Morgan fingerprint density at radius 2 is 1.95 bits per heavy atom. The molecule has 2 N–H and O–H groups in total. The van der Waals surface area contributed by atoms with Crippen molar-refractivity contribution in [3.63, 3.8) is 0 Å². The highest BCUT2D eigenvalue weighted by atomic mass is 32.2. The molecule has 4 nitrogen and oxygen atoms in total. The molecular formula is C14H17NO3S. The Balaban J connectivity index is 1.97. The minimum atomic E-state index is -0.974.